The summed E-state index contributed by atoms with van der Waals surface area (Å²) in [7, 11) is 1.25. The number of benzene rings is 1. The van der Waals surface area contributed by atoms with E-state index in [1.807, 2.05) is 17.5 Å². The maximum Gasteiger partial charge on any atom is 0.325 e. The van der Waals surface area contributed by atoms with Crippen LogP contribution in [0.2, 0.25) is 10.0 Å². The first-order valence-electron chi connectivity index (χ1n) is 7.43. The summed E-state index contributed by atoms with van der Waals surface area (Å²) in [4.78, 5) is 24.5. The van der Waals surface area contributed by atoms with Gasteiger partial charge in [-0.15, -0.1) is 11.3 Å². The van der Waals surface area contributed by atoms with Crippen LogP contribution >= 0.6 is 34.5 Å². The summed E-state index contributed by atoms with van der Waals surface area (Å²) in [5.41, 5.74) is 1.49. The summed E-state index contributed by atoms with van der Waals surface area (Å²) in [5, 5.41) is 9.67. The predicted molar refractivity (Wildman–Crippen MR) is 101 cm³/mol. The molecule has 2 aromatic heterocycles. The molecule has 0 aliphatic rings. The van der Waals surface area contributed by atoms with Crippen LogP contribution in [-0.4, -0.2) is 35.3 Å². The highest BCUT2D eigenvalue weighted by atomic mass is 35.5. The topological polar surface area (TPSA) is 73.2 Å². The van der Waals surface area contributed by atoms with E-state index >= 15 is 0 Å². The zero-order valence-corrected chi connectivity index (χ0v) is 15.9. The van der Waals surface area contributed by atoms with Gasteiger partial charge in [0.1, 0.15) is 6.54 Å². The van der Waals surface area contributed by atoms with Gasteiger partial charge in [-0.25, -0.2) is 4.68 Å². The Kier molecular flexibility index (Phi) is 5.61. The monoisotopic (exact) mass is 409 g/mol. The molecule has 0 fully saturated rings. The van der Waals surface area contributed by atoms with Crippen molar-refractivity contribution < 1.29 is 14.3 Å². The van der Waals surface area contributed by atoms with Crippen LogP contribution in [0.5, 0.6) is 0 Å². The molecule has 2 heterocycles. The Bertz CT molecular complexity index is 934. The third-order valence-corrected chi connectivity index (χ3v) is 4.76. The van der Waals surface area contributed by atoms with Crippen molar-refractivity contribution in [3.05, 3.63) is 57.5 Å². The quantitative estimate of drug-likeness (QED) is 0.650. The summed E-state index contributed by atoms with van der Waals surface area (Å²) in [6, 6.07) is 10.5. The number of ether oxygens (including phenoxy) is 1. The van der Waals surface area contributed by atoms with Crippen LogP contribution in [0.3, 0.4) is 0 Å². The van der Waals surface area contributed by atoms with Gasteiger partial charge in [0.25, 0.3) is 5.91 Å². The molecule has 3 aromatic rings. The molecular weight excluding hydrogens is 397 g/mol. The largest absolute Gasteiger partial charge is 0.468 e. The number of esters is 1. The van der Waals surface area contributed by atoms with E-state index in [-0.39, 0.29) is 12.2 Å². The number of nitrogens with zero attached hydrogens (tertiary/aromatic N) is 2. The van der Waals surface area contributed by atoms with E-state index in [0.29, 0.717) is 21.4 Å². The third kappa shape index (κ3) is 4.07. The Balaban J connectivity index is 2.01. The lowest BCUT2D eigenvalue weighted by molar-refractivity contribution is -0.139. The molecule has 0 bridgehead atoms. The second kappa shape index (κ2) is 7.90. The van der Waals surface area contributed by atoms with E-state index in [0.717, 1.165) is 4.88 Å². The fourth-order valence-corrected chi connectivity index (χ4v) is 3.51. The molecular formula is C17H13Cl2N3O3S. The fraction of sp³-hybridized carbons (Fsp3) is 0.118. The Morgan fingerprint density at radius 2 is 1.96 bits per heavy atom. The van der Waals surface area contributed by atoms with Crippen molar-refractivity contribution in [1.29, 1.82) is 0 Å². The molecule has 0 aliphatic heterocycles. The molecule has 1 aromatic carbocycles. The Labute approximate surface area is 163 Å². The number of methoxy groups -OCH3 is 1. The number of halogens is 2. The lowest BCUT2D eigenvalue weighted by Gasteiger charge is -2.07. The first-order valence-corrected chi connectivity index (χ1v) is 9.07. The SMILES string of the molecule is COC(=O)CNC(=O)c1cc(-c2cccs2)n(-c2cc(Cl)cc(Cl)c2)n1. The van der Waals surface area contributed by atoms with Gasteiger partial charge in [0.2, 0.25) is 0 Å². The number of hydrogen-bond donors (Lipinski definition) is 1. The molecule has 0 saturated carbocycles. The van der Waals surface area contributed by atoms with Crippen LogP contribution in [0.4, 0.5) is 0 Å². The summed E-state index contributed by atoms with van der Waals surface area (Å²) in [6.45, 7) is -0.237. The number of amides is 1. The van der Waals surface area contributed by atoms with Crippen LogP contribution in [0.25, 0.3) is 16.3 Å². The Morgan fingerprint density at radius 1 is 1.23 bits per heavy atom. The van der Waals surface area contributed by atoms with Gasteiger partial charge >= 0.3 is 5.97 Å². The van der Waals surface area contributed by atoms with E-state index < -0.39 is 11.9 Å². The smallest absolute Gasteiger partial charge is 0.325 e. The Hall–Kier alpha value is -2.35. The third-order valence-electron chi connectivity index (χ3n) is 3.43. The van der Waals surface area contributed by atoms with Crippen molar-refractivity contribution in [2.24, 2.45) is 0 Å². The average Bonchev–Trinajstić information content (AvgIpc) is 3.27. The maximum absolute atomic E-state index is 12.3. The number of nitrogens with one attached hydrogen (secondary N) is 1. The minimum absolute atomic E-state index is 0.161. The number of carbonyl (C=O) groups is 2. The predicted octanol–water partition coefficient (Wildman–Crippen LogP) is 3.81. The molecule has 1 N–H and O–H groups in total. The number of aromatic nitrogens is 2. The van der Waals surface area contributed by atoms with Gasteiger partial charge < -0.3 is 10.1 Å². The molecule has 134 valence electrons. The summed E-state index contributed by atoms with van der Waals surface area (Å²) < 4.78 is 6.11. The summed E-state index contributed by atoms with van der Waals surface area (Å²) in [5.74, 6) is -1.03. The van der Waals surface area contributed by atoms with E-state index in [4.69, 9.17) is 23.2 Å². The van der Waals surface area contributed by atoms with Crippen molar-refractivity contribution in [2.75, 3.05) is 13.7 Å². The molecule has 3 rings (SSSR count). The average molecular weight is 410 g/mol. The minimum Gasteiger partial charge on any atom is -0.468 e. The van der Waals surface area contributed by atoms with Gasteiger partial charge in [-0.3, -0.25) is 9.59 Å². The van der Waals surface area contributed by atoms with Crippen LogP contribution < -0.4 is 5.32 Å². The number of carbonyl (C=O) groups excluding carboxylic acids is 2. The lowest BCUT2D eigenvalue weighted by atomic mass is 10.2. The number of hydrogen-bond acceptors (Lipinski definition) is 5. The van der Waals surface area contributed by atoms with E-state index in [9.17, 15) is 9.59 Å². The van der Waals surface area contributed by atoms with Gasteiger partial charge in [0, 0.05) is 10.0 Å². The molecule has 0 aliphatic carbocycles. The van der Waals surface area contributed by atoms with Gasteiger partial charge in [-0.1, -0.05) is 29.3 Å². The van der Waals surface area contributed by atoms with Crippen LogP contribution in [0.15, 0.2) is 41.8 Å². The minimum atomic E-state index is -0.544. The molecule has 9 heteroatoms. The van der Waals surface area contributed by atoms with E-state index in [2.05, 4.69) is 15.2 Å². The van der Waals surface area contributed by atoms with Crippen molar-refractivity contribution in [1.82, 2.24) is 15.1 Å². The summed E-state index contributed by atoms with van der Waals surface area (Å²) >= 11 is 13.7. The number of rotatable bonds is 5. The normalized spacial score (nSPS) is 10.6. The second-order valence-electron chi connectivity index (χ2n) is 5.19. The summed E-state index contributed by atoms with van der Waals surface area (Å²) in [6.07, 6.45) is 0. The fourth-order valence-electron chi connectivity index (χ4n) is 2.27. The van der Waals surface area contributed by atoms with Crippen molar-refractivity contribution in [2.45, 2.75) is 0 Å². The van der Waals surface area contributed by atoms with E-state index in [1.54, 1.807) is 28.9 Å². The van der Waals surface area contributed by atoms with Gasteiger partial charge in [-0.05, 0) is 35.7 Å². The van der Waals surface area contributed by atoms with E-state index in [1.165, 1.54) is 18.4 Å². The molecule has 0 saturated heterocycles. The van der Waals surface area contributed by atoms with Crippen LogP contribution in [-0.2, 0) is 9.53 Å². The van der Waals surface area contributed by atoms with Crippen molar-refractivity contribution in [3.8, 4) is 16.3 Å². The highest BCUT2D eigenvalue weighted by molar-refractivity contribution is 7.13. The van der Waals surface area contributed by atoms with Crippen LogP contribution in [0, 0.1) is 0 Å². The molecule has 0 spiro atoms. The van der Waals surface area contributed by atoms with Crippen LogP contribution in [0.1, 0.15) is 10.5 Å². The zero-order valence-electron chi connectivity index (χ0n) is 13.5. The first kappa shape index (κ1) is 18.4. The van der Waals surface area contributed by atoms with Crippen molar-refractivity contribution >= 4 is 46.4 Å². The van der Waals surface area contributed by atoms with Gasteiger partial charge in [0.05, 0.1) is 23.4 Å². The molecule has 26 heavy (non-hydrogen) atoms. The molecule has 0 atom stereocenters. The standard InChI is InChI=1S/C17H13Cl2N3O3S/c1-25-16(23)9-20-17(24)13-8-14(15-3-2-4-26-15)22(21-13)12-6-10(18)5-11(19)7-12/h2-8H,9H2,1H3,(H,20,24). The molecule has 0 unspecified atom stereocenters. The first-order chi connectivity index (χ1) is 12.5. The maximum atomic E-state index is 12.3. The number of thiophene rings is 1. The lowest BCUT2D eigenvalue weighted by Crippen LogP contribution is -2.30. The molecule has 6 nitrogen and oxygen atoms in total. The second-order valence-corrected chi connectivity index (χ2v) is 7.01. The van der Waals surface area contributed by atoms with Gasteiger partial charge in [-0.2, -0.15) is 5.10 Å². The molecule has 0 radical (unpaired) electrons. The highest BCUT2D eigenvalue weighted by Gasteiger charge is 2.18. The van der Waals surface area contributed by atoms with Gasteiger partial charge in [0.15, 0.2) is 5.69 Å². The Morgan fingerprint density at radius 3 is 2.58 bits per heavy atom. The molecule has 1 amide bonds. The van der Waals surface area contributed by atoms with Crippen molar-refractivity contribution in [3.63, 3.8) is 0 Å². The highest BCUT2D eigenvalue weighted by Crippen LogP contribution is 2.30. The zero-order chi connectivity index (χ0) is 18.7.